The predicted molar refractivity (Wildman–Crippen MR) is 67.6 cm³/mol. The van der Waals surface area contributed by atoms with Crippen LogP contribution < -0.4 is 5.32 Å². The predicted octanol–water partition coefficient (Wildman–Crippen LogP) is 2.14. The normalized spacial score (nSPS) is 14.8. The van der Waals surface area contributed by atoms with Crippen LogP contribution in [-0.4, -0.2) is 23.5 Å². The summed E-state index contributed by atoms with van der Waals surface area (Å²) in [5, 5.41) is 11.8. The van der Waals surface area contributed by atoms with Gasteiger partial charge in [0.1, 0.15) is 0 Å². The Labute approximate surface area is 104 Å². The van der Waals surface area contributed by atoms with Gasteiger partial charge in [0.05, 0.1) is 5.92 Å². The molecule has 0 aliphatic carbocycles. The van der Waals surface area contributed by atoms with E-state index in [1.807, 2.05) is 34.6 Å². The first kappa shape index (κ1) is 15.9. The van der Waals surface area contributed by atoms with Gasteiger partial charge in [-0.1, -0.05) is 34.6 Å². The van der Waals surface area contributed by atoms with Crippen molar-refractivity contribution in [3.63, 3.8) is 0 Å². The summed E-state index contributed by atoms with van der Waals surface area (Å²) in [7, 11) is 0. The van der Waals surface area contributed by atoms with Crippen LogP contribution in [0, 0.1) is 23.7 Å². The van der Waals surface area contributed by atoms with E-state index in [-0.39, 0.29) is 24.3 Å². The zero-order valence-corrected chi connectivity index (χ0v) is 11.5. The first-order valence-corrected chi connectivity index (χ1v) is 6.26. The summed E-state index contributed by atoms with van der Waals surface area (Å²) in [5.41, 5.74) is 0. The third kappa shape index (κ3) is 6.29. The van der Waals surface area contributed by atoms with Gasteiger partial charge in [-0.05, 0) is 18.3 Å². The van der Waals surface area contributed by atoms with Crippen molar-refractivity contribution in [2.24, 2.45) is 23.7 Å². The number of carboxylic acid groups (broad SMARTS) is 1. The summed E-state index contributed by atoms with van der Waals surface area (Å²) in [4.78, 5) is 22.7. The Bertz CT molecular complexity index is 261. The van der Waals surface area contributed by atoms with Gasteiger partial charge >= 0.3 is 5.97 Å². The van der Waals surface area contributed by atoms with Gasteiger partial charge in [-0.25, -0.2) is 0 Å². The number of hydrogen-bond acceptors (Lipinski definition) is 2. The zero-order valence-electron chi connectivity index (χ0n) is 11.5. The maximum Gasteiger partial charge on any atom is 0.308 e. The molecule has 0 rings (SSSR count). The molecule has 0 aliphatic heterocycles. The first-order valence-electron chi connectivity index (χ1n) is 6.26. The second kappa shape index (κ2) is 7.30. The van der Waals surface area contributed by atoms with Crippen molar-refractivity contribution >= 4 is 11.9 Å². The van der Waals surface area contributed by atoms with Crippen molar-refractivity contribution < 1.29 is 14.7 Å². The van der Waals surface area contributed by atoms with E-state index in [9.17, 15) is 9.59 Å². The van der Waals surface area contributed by atoms with Crippen LogP contribution in [0.15, 0.2) is 0 Å². The lowest BCUT2D eigenvalue weighted by Gasteiger charge is -2.19. The van der Waals surface area contributed by atoms with Crippen LogP contribution in [0.1, 0.15) is 41.0 Å². The third-order valence-corrected chi connectivity index (χ3v) is 3.04. The highest BCUT2D eigenvalue weighted by Crippen LogP contribution is 2.13. The van der Waals surface area contributed by atoms with Gasteiger partial charge in [0, 0.05) is 12.5 Å². The minimum atomic E-state index is -0.837. The molecule has 17 heavy (non-hydrogen) atoms. The highest BCUT2D eigenvalue weighted by molar-refractivity contribution is 5.79. The van der Waals surface area contributed by atoms with Crippen LogP contribution in [0.5, 0.6) is 0 Å². The molecular weight excluding hydrogens is 218 g/mol. The van der Waals surface area contributed by atoms with E-state index in [1.54, 1.807) is 0 Å². The van der Waals surface area contributed by atoms with Crippen molar-refractivity contribution in [3.05, 3.63) is 0 Å². The molecule has 0 aliphatic rings. The van der Waals surface area contributed by atoms with Crippen LogP contribution in [0.2, 0.25) is 0 Å². The minimum absolute atomic E-state index is 0.0602. The lowest BCUT2D eigenvalue weighted by molar-refractivity contribution is -0.142. The number of aliphatic carboxylic acids is 1. The molecule has 2 N–H and O–H groups in total. The molecule has 100 valence electrons. The summed E-state index contributed by atoms with van der Waals surface area (Å²) in [6.45, 7) is 10.0. The molecule has 0 fully saturated rings. The molecule has 4 nitrogen and oxygen atoms in total. The Morgan fingerprint density at radius 2 is 1.65 bits per heavy atom. The van der Waals surface area contributed by atoms with Gasteiger partial charge in [0.15, 0.2) is 0 Å². The van der Waals surface area contributed by atoms with Crippen LogP contribution in [0.3, 0.4) is 0 Å². The SMILES string of the molecule is CC(C)CC(CNC(=O)C(C)C(C)C)C(=O)O. The molecule has 1 amide bonds. The Balaban J connectivity index is 4.22. The van der Waals surface area contributed by atoms with Gasteiger partial charge < -0.3 is 10.4 Å². The van der Waals surface area contributed by atoms with E-state index in [4.69, 9.17) is 5.11 Å². The fraction of sp³-hybridized carbons (Fsp3) is 0.846. The third-order valence-electron chi connectivity index (χ3n) is 3.04. The summed E-state index contributed by atoms with van der Waals surface area (Å²) in [6, 6.07) is 0. The average Bonchev–Trinajstić information content (AvgIpc) is 2.21. The van der Waals surface area contributed by atoms with Crippen molar-refractivity contribution in [2.75, 3.05) is 6.54 Å². The Morgan fingerprint density at radius 3 is 2.00 bits per heavy atom. The maximum absolute atomic E-state index is 11.7. The molecule has 2 atom stereocenters. The van der Waals surface area contributed by atoms with Crippen molar-refractivity contribution in [1.82, 2.24) is 5.32 Å². The monoisotopic (exact) mass is 243 g/mol. The van der Waals surface area contributed by atoms with E-state index in [2.05, 4.69) is 5.32 Å². The zero-order chi connectivity index (χ0) is 13.6. The molecule has 2 unspecified atom stereocenters. The molecular formula is C13H25NO3. The molecule has 0 radical (unpaired) electrons. The molecule has 0 saturated heterocycles. The van der Waals surface area contributed by atoms with E-state index in [0.717, 1.165) is 0 Å². The van der Waals surface area contributed by atoms with Gasteiger partial charge in [-0.15, -0.1) is 0 Å². The van der Waals surface area contributed by atoms with Crippen LogP contribution >= 0.6 is 0 Å². The molecule has 0 heterocycles. The van der Waals surface area contributed by atoms with E-state index in [1.165, 1.54) is 0 Å². The number of nitrogens with one attached hydrogen (secondary N) is 1. The van der Waals surface area contributed by atoms with Crippen LogP contribution in [0.4, 0.5) is 0 Å². The average molecular weight is 243 g/mol. The van der Waals surface area contributed by atoms with Crippen LogP contribution in [-0.2, 0) is 9.59 Å². The number of carboxylic acids is 1. The summed E-state index contributed by atoms with van der Waals surface area (Å²) in [5.74, 6) is -0.882. The molecule has 0 aromatic carbocycles. The standard InChI is InChI=1S/C13H25NO3/c1-8(2)6-11(13(16)17)7-14-12(15)10(5)9(3)4/h8-11H,6-7H2,1-5H3,(H,14,15)(H,16,17). The molecule has 0 saturated carbocycles. The lowest BCUT2D eigenvalue weighted by Crippen LogP contribution is -2.37. The summed E-state index contributed by atoms with van der Waals surface area (Å²) in [6.07, 6.45) is 0.589. The van der Waals surface area contributed by atoms with E-state index < -0.39 is 11.9 Å². The molecule has 0 aromatic rings. The fourth-order valence-electron chi connectivity index (χ4n) is 1.53. The smallest absolute Gasteiger partial charge is 0.308 e. The molecule has 0 aromatic heterocycles. The van der Waals surface area contributed by atoms with Gasteiger partial charge in [-0.3, -0.25) is 9.59 Å². The topological polar surface area (TPSA) is 66.4 Å². The number of amides is 1. The number of hydrogen-bond donors (Lipinski definition) is 2. The highest BCUT2D eigenvalue weighted by atomic mass is 16.4. The summed E-state index contributed by atoms with van der Waals surface area (Å²) < 4.78 is 0. The first-order chi connectivity index (χ1) is 7.75. The second-order valence-corrected chi connectivity index (χ2v) is 5.44. The number of carbonyl (C=O) groups is 2. The maximum atomic E-state index is 11.7. The van der Waals surface area contributed by atoms with Crippen molar-refractivity contribution in [1.29, 1.82) is 0 Å². The van der Waals surface area contributed by atoms with Crippen molar-refractivity contribution in [2.45, 2.75) is 41.0 Å². The molecule has 0 bridgehead atoms. The fourth-order valence-corrected chi connectivity index (χ4v) is 1.53. The van der Waals surface area contributed by atoms with E-state index >= 15 is 0 Å². The van der Waals surface area contributed by atoms with Gasteiger partial charge in [0.2, 0.25) is 5.91 Å². The quantitative estimate of drug-likeness (QED) is 0.720. The lowest BCUT2D eigenvalue weighted by atomic mass is 9.95. The van der Waals surface area contributed by atoms with Gasteiger partial charge in [0.25, 0.3) is 0 Å². The Morgan fingerprint density at radius 1 is 1.12 bits per heavy atom. The number of carbonyl (C=O) groups excluding carboxylic acids is 1. The number of rotatable bonds is 7. The molecule has 0 spiro atoms. The Kier molecular flexibility index (Phi) is 6.85. The highest BCUT2D eigenvalue weighted by Gasteiger charge is 2.22. The minimum Gasteiger partial charge on any atom is -0.481 e. The Hall–Kier alpha value is -1.06. The van der Waals surface area contributed by atoms with E-state index in [0.29, 0.717) is 12.3 Å². The van der Waals surface area contributed by atoms with Crippen LogP contribution in [0.25, 0.3) is 0 Å². The van der Waals surface area contributed by atoms with Gasteiger partial charge in [-0.2, -0.15) is 0 Å². The van der Waals surface area contributed by atoms with Crippen molar-refractivity contribution in [3.8, 4) is 0 Å². The second-order valence-electron chi connectivity index (χ2n) is 5.44. The largest absolute Gasteiger partial charge is 0.481 e. The molecule has 4 heteroatoms. The summed E-state index contributed by atoms with van der Waals surface area (Å²) >= 11 is 0.